The summed E-state index contributed by atoms with van der Waals surface area (Å²) in [4.78, 5) is 15.9. The van der Waals surface area contributed by atoms with Gasteiger partial charge in [0, 0.05) is 11.9 Å². The molecular formula is C11H8Cl2N4O. The van der Waals surface area contributed by atoms with Crippen LogP contribution in [0.2, 0.25) is 10.2 Å². The SMILES string of the molecule is Cc1cc(Cl)c(C(=O)Nc2ccc(Cl)nn2)cn1. The quantitative estimate of drug-likeness (QED) is 0.920. The summed E-state index contributed by atoms with van der Waals surface area (Å²) in [6, 6.07) is 4.69. The van der Waals surface area contributed by atoms with Gasteiger partial charge < -0.3 is 5.32 Å². The Labute approximate surface area is 113 Å². The van der Waals surface area contributed by atoms with Gasteiger partial charge in [0.05, 0.1) is 10.6 Å². The predicted octanol–water partition coefficient (Wildman–Crippen LogP) is 2.74. The van der Waals surface area contributed by atoms with Gasteiger partial charge in [-0.3, -0.25) is 9.78 Å². The molecule has 2 rings (SSSR count). The van der Waals surface area contributed by atoms with Gasteiger partial charge in [0.2, 0.25) is 0 Å². The highest BCUT2D eigenvalue weighted by Crippen LogP contribution is 2.17. The maximum Gasteiger partial charge on any atom is 0.259 e. The smallest absolute Gasteiger partial charge is 0.259 e. The molecule has 2 aromatic heterocycles. The highest BCUT2D eigenvalue weighted by molar-refractivity contribution is 6.34. The number of aromatic nitrogens is 3. The third-order valence-electron chi connectivity index (χ3n) is 2.11. The summed E-state index contributed by atoms with van der Waals surface area (Å²) >= 11 is 11.5. The zero-order valence-electron chi connectivity index (χ0n) is 9.32. The molecule has 18 heavy (non-hydrogen) atoms. The third-order valence-corrected chi connectivity index (χ3v) is 2.62. The van der Waals surface area contributed by atoms with Crippen LogP contribution in [0.25, 0.3) is 0 Å². The van der Waals surface area contributed by atoms with Crippen LogP contribution in [-0.4, -0.2) is 21.1 Å². The van der Waals surface area contributed by atoms with Gasteiger partial charge in [0.25, 0.3) is 5.91 Å². The van der Waals surface area contributed by atoms with Crippen LogP contribution in [0.5, 0.6) is 0 Å². The average molecular weight is 283 g/mol. The molecule has 5 nitrogen and oxygen atoms in total. The van der Waals surface area contributed by atoms with Crippen LogP contribution in [0.4, 0.5) is 5.82 Å². The Morgan fingerprint density at radius 3 is 2.67 bits per heavy atom. The number of aryl methyl sites for hydroxylation is 1. The number of hydrogen-bond acceptors (Lipinski definition) is 4. The molecule has 0 fully saturated rings. The van der Waals surface area contributed by atoms with Gasteiger partial charge in [0.1, 0.15) is 0 Å². The largest absolute Gasteiger partial charge is 0.305 e. The Kier molecular flexibility index (Phi) is 3.74. The van der Waals surface area contributed by atoms with E-state index in [-0.39, 0.29) is 10.7 Å². The normalized spacial score (nSPS) is 10.2. The number of nitrogens with zero attached hydrogens (tertiary/aromatic N) is 3. The summed E-state index contributed by atoms with van der Waals surface area (Å²) in [6.07, 6.45) is 1.41. The number of carbonyl (C=O) groups excluding carboxylic acids is 1. The topological polar surface area (TPSA) is 67.8 Å². The fraction of sp³-hybridized carbons (Fsp3) is 0.0909. The molecule has 0 aliphatic heterocycles. The van der Waals surface area contributed by atoms with Crippen LogP contribution in [0.1, 0.15) is 16.1 Å². The van der Waals surface area contributed by atoms with Crippen LogP contribution >= 0.6 is 23.2 Å². The van der Waals surface area contributed by atoms with Crippen molar-refractivity contribution in [2.45, 2.75) is 6.92 Å². The van der Waals surface area contributed by atoms with E-state index in [1.54, 1.807) is 19.1 Å². The highest BCUT2D eigenvalue weighted by atomic mass is 35.5. The molecule has 0 aromatic carbocycles. The summed E-state index contributed by atoms with van der Waals surface area (Å²) in [6.45, 7) is 1.79. The van der Waals surface area contributed by atoms with Crippen molar-refractivity contribution in [2.75, 3.05) is 5.32 Å². The first-order valence-corrected chi connectivity index (χ1v) is 5.74. The van der Waals surface area contributed by atoms with E-state index in [4.69, 9.17) is 23.2 Å². The molecule has 7 heteroatoms. The van der Waals surface area contributed by atoms with E-state index in [1.165, 1.54) is 12.3 Å². The molecule has 0 bridgehead atoms. The van der Waals surface area contributed by atoms with Gasteiger partial charge >= 0.3 is 0 Å². The highest BCUT2D eigenvalue weighted by Gasteiger charge is 2.12. The van der Waals surface area contributed by atoms with E-state index >= 15 is 0 Å². The number of rotatable bonds is 2. The lowest BCUT2D eigenvalue weighted by atomic mass is 10.2. The predicted molar refractivity (Wildman–Crippen MR) is 69.0 cm³/mol. The van der Waals surface area contributed by atoms with Crippen molar-refractivity contribution in [3.05, 3.63) is 45.8 Å². The lowest BCUT2D eigenvalue weighted by molar-refractivity contribution is 0.102. The summed E-state index contributed by atoms with van der Waals surface area (Å²) in [7, 11) is 0. The number of anilines is 1. The summed E-state index contributed by atoms with van der Waals surface area (Å²) < 4.78 is 0. The zero-order chi connectivity index (χ0) is 13.1. The van der Waals surface area contributed by atoms with E-state index in [9.17, 15) is 4.79 Å². The van der Waals surface area contributed by atoms with Crippen LogP contribution in [0, 0.1) is 6.92 Å². The van der Waals surface area contributed by atoms with Crippen molar-refractivity contribution in [1.29, 1.82) is 0 Å². The number of hydrogen-bond donors (Lipinski definition) is 1. The van der Waals surface area contributed by atoms with Crippen LogP contribution in [0.3, 0.4) is 0 Å². The lowest BCUT2D eigenvalue weighted by Crippen LogP contribution is -2.14. The molecule has 92 valence electrons. The van der Waals surface area contributed by atoms with E-state index in [0.29, 0.717) is 10.8 Å². The second-order valence-electron chi connectivity index (χ2n) is 3.50. The van der Waals surface area contributed by atoms with Gasteiger partial charge in [0.15, 0.2) is 11.0 Å². The molecule has 0 radical (unpaired) electrons. The minimum absolute atomic E-state index is 0.253. The standard InChI is InChI=1S/C11H8Cl2N4O/c1-6-4-8(12)7(5-14-6)11(18)15-10-3-2-9(13)16-17-10/h2-5H,1H3,(H,15,17,18). The van der Waals surface area contributed by atoms with Crippen molar-refractivity contribution in [1.82, 2.24) is 15.2 Å². The van der Waals surface area contributed by atoms with Crippen molar-refractivity contribution in [2.24, 2.45) is 0 Å². The van der Waals surface area contributed by atoms with Gasteiger partial charge in [-0.2, -0.15) is 0 Å². The number of nitrogens with one attached hydrogen (secondary N) is 1. The van der Waals surface area contributed by atoms with E-state index in [1.807, 2.05) is 0 Å². The van der Waals surface area contributed by atoms with E-state index < -0.39 is 5.91 Å². The van der Waals surface area contributed by atoms with Gasteiger partial charge in [-0.15, -0.1) is 10.2 Å². The van der Waals surface area contributed by atoms with Crippen molar-refractivity contribution in [3.63, 3.8) is 0 Å². The molecule has 2 aromatic rings. The second kappa shape index (κ2) is 5.29. The first-order valence-electron chi connectivity index (χ1n) is 4.99. The monoisotopic (exact) mass is 282 g/mol. The average Bonchev–Trinajstić information content (AvgIpc) is 2.32. The molecule has 0 atom stereocenters. The number of halogens is 2. The first kappa shape index (κ1) is 12.7. The van der Waals surface area contributed by atoms with E-state index in [2.05, 4.69) is 20.5 Å². The number of pyridine rings is 1. The molecule has 0 unspecified atom stereocenters. The summed E-state index contributed by atoms with van der Waals surface area (Å²) in [5.41, 5.74) is 1.02. The molecule has 1 N–H and O–H groups in total. The molecule has 0 aliphatic rings. The van der Waals surface area contributed by atoms with Crippen LogP contribution in [0.15, 0.2) is 24.4 Å². The van der Waals surface area contributed by atoms with Gasteiger partial charge in [-0.05, 0) is 25.1 Å². The summed E-state index contributed by atoms with van der Waals surface area (Å²) in [5, 5.41) is 10.5. The maximum absolute atomic E-state index is 11.9. The fourth-order valence-corrected chi connectivity index (χ4v) is 1.65. The fourth-order valence-electron chi connectivity index (χ4n) is 1.26. The Bertz CT molecular complexity index is 586. The second-order valence-corrected chi connectivity index (χ2v) is 4.30. The lowest BCUT2D eigenvalue weighted by Gasteiger charge is -2.05. The molecule has 0 saturated heterocycles. The molecule has 0 aliphatic carbocycles. The zero-order valence-corrected chi connectivity index (χ0v) is 10.8. The van der Waals surface area contributed by atoms with Gasteiger partial charge in [-0.25, -0.2) is 0 Å². The van der Waals surface area contributed by atoms with Crippen molar-refractivity contribution >= 4 is 34.9 Å². The molecule has 1 amide bonds. The van der Waals surface area contributed by atoms with Gasteiger partial charge in [-0.1, -0.05) is 23.2 Å². The van der Waals surface area contributed by atoms with Crippen molar-refractivity contribution < 1.29 is 4.79 Å². The third kappa shape index (κ3) is 2.94. The Morgan fingerprint density at radius 2 is 2.06 bits per heavy atom. The van der Waals surface area contributed by atoms with Crippen LogP contribution in [-0.2, 0) is 0 Å². The summed E-state index contributed by atoms with van der Waals surface area (Å²) in [5.74, 6) is -0.106. The Morgan fingerprint density at radius 1 is 1.28 bits per heavy atom. The Balaban J connectivity index is 2.19. The molecule has 0 saturated carbocycles. The number of carbonyl (C=O) groups is 1. The van der Waals surface area contributed by atoms with Crippen LogP contribution < -0.4 is 5.32 Å². The minimum Gasteiger partial charge on any atom is -0.305 e. The number of amides is 1. The van der Waals surface area contributed by atoms with Crippen molar-refractivity contribution in [3.8, 4) is 0 Å². The Hall–Kier alpha value is -1.72. The first-order chi connectivity index (χ1) is 8.56. The maximum atomic E-state index is 11.9. The molecule has 2 heterocycles. The van der Waals surface area contributed by atoms with E-state index in [0.717, 1.165) is 5.69 Å². The molecular weight excluding hydrogens is 275 g/mol. The molecule has 0 spiro atoms. The minimum atomic E-state index is -0.399.